The van der Waals surface area contributed by atoms with Crippen LogP contribution >= 0.6 is 11.6 Å². The molecule has 1 amide bonds. The predicted octanol–water partition coefficient (Wildman–Crippen LogP) is 3.63. The van der Waals surface area contributed by atoms with Gasteiger partial charge < -0.3 is 4.74 Å². The number of halogens is 1. The Morgan fingerprint density at radius 1 is 1.26 bits per heavy atom. The van der Waals surface area contributed by atoms with Crippen molar-refractivity contribution in [2.45, 2.75) is 26.4 Å². The molecular formula is C13H14ClN3O2. The number of aromatic nitrogens is 2. The van der Waals surface area contributed by atoms with Crippen molar-refractivity contribution in [3.05, 3.63) is 29.3 Å². The number of rotatable bonds is 1. The Labute approximate surface area is 115 Å². The molecular weight excluding hydrogens is 266 g/mol. The second-order valence-corrected chi connectivity index (χ2v) is 5.50. The molecule has 1 aromatic heterocycles. The van der Waals surface area contributed by atoms with E-state index < -0.39 is 11.7 Å². The van der Waals surface area contributed by atoms with Crippen LogP contribution < -0.4 is 5.32 Å². The Balaban J connectivity index is 2.18. The molecule has 0 atom stereocenters. The largest absolute Gasteiger partial charge is 0.444 e. The van der Waals surface area contributed by atoms with Gasteiger partial charge in [0.1, 0.15) is 5.60 Å². The number of benzene rings is 1. The number of amides is 1. The summed E-state index contributed by atoms with van der Waals surface area (Å²) < 4.78 is 5.13. The summed E-state index contributed by atoms with van der Waals surface area (Å²) in [5.74, 6) is 0.337. The number of carbonyl (C=O) groups is 1. The molecule has 0 saturated heterocycles. The summed E-state index contributed by atoms with van der Waals surface area (Å²) in [5.41, 5.74) is 0.115. The Morgan fingerprint density at radius 2 is 2.00 bits per heavy atom. The van der Waals surface area contributed by atoms with Gasteiger partial charge in [0, 0.05) is 10.4 Å². The van der Waals surface area contributed by atoms with Gasteiger partial charge in [-0.3, -0.25) is 5.32 Å². The number of ether oxygens (including phenoxy) is 1. The molecule has 1 N–H and O–H groups in total. The highest BCUT2D eigenvalue weighted by Gasteiger charge is 2.16. The first-order valence-corrected chi connectivity index (χ1v) is 6.14. The fourth-order valence-electron chi connectivity index (χ4n) is 1.48. The molecule has 2 rings (SSSR count). The lowest BCUT2D eigenvalue weighted by Gasteiger charge is -2.19. The molecule has 0 aliphatic heterocycles. The summed E-state index contributed by atoms with van der Waals surface area (Å²) >= 11 is 5.86. The van der Waals surface area contributed by atoms with E-state index in [2.05, 4.69) is 15.5 Å². The molecule has 0 saturated carbocycles. The zero-order valence-electron chi connectivity index (χ0n) is 10.9. The summed E-state index contributed by atoms with van der Waals surface area (Å²) in [6.07, 6.45) is -0.560. The first-order valence-electron chi connectivity index (χ1n) is 5.76. The van der Waals surface area contributed by atoms with Crippen molar-refractivity contribution in [2.75, 3.05) is 5.32 Å². The van der Waals surface area contributed by atoms with E-state index in [4.69, 9.17) is 16.3 Å². The lowest BCUT2D eigenvalue weighted by atomic mass is 10.2. The van der Waals surface area contributed by atoms with E-state index in [0.29, 0.717) is 16.4 Å². The van der Waals surface area contributed by atoms with Crippen molar-refractivity contribution in [1.29, 1.82) is 0 Å². The molecule has 19 heavy (non-hydrogen) atoms. The monoisotopic (exact) mass is 279 g/mol. The molecule has 100 valence electrons. The molecule has 0 fully saturated rings. The first kappa shape index (κ1) is 13.5. The van der Waals surface area contributed by atoms with Crippen molar-refractivity contribution in [2.24, 2.45) is 0 Å². The van der Waals surface area contributed by atoms with Crippen molar-refractivity contribution in [1.82, 2.24) is 10.2 Å². The molecule has 0 aliphatic rings. The second kappa shape index (κ2) is 5.01. The zero-order valence-corrected chi connectivity index (χ0v) is 11.7. The van der Waals surface area contributed by atoms with Gasteiger partial charge in [-0.15, -0.1) is 10.2 Å². The number of nitrogens with one attached hydrogen (secondary N) is 1. The topological polar surface area (TPSA) is 64.1 Å². The summed E-state index contributed by atoms with van der Waals surface area (Å²) in [7, 11) is 0. The van der Waals surface area contributed by atoms with Gasteiger partial charge in [-0.2, -0.15) is 0 Å². The standard InChI is InChI=1S/C13H14ClN3O2/c1-13(2,3)19-12(18)15-11-6-8-4-5-9(14)7-10(8)16-17-11/h4-7H,1-3H3,(H,15,17,18). The van der Waals surface area contributed by atoms with Crippen LogP contribution in [0.2, 0.25) is 5.02 Å². The summed E-state index contributed by atoms with van der Waals surface area (Å²) in [6.45, 7) is 5.38. The predicted molar refractivity (Wildman–Crippen MR) is 74.4 cm³/mol. The van der Waals surface area contributed by atoms with E-state index >= 15 is 0 Å². The van der Waals surface area contributed by atoms with Crippen LogP contribution in [-0.4, -0.2) is 21.9 Å². The van der Waals surface area contributed by atoms with Crippen LogP contribution in [0, 0.1) is 0 Å². The average Bonchev–Trinajstić information content (AvgIpc) is 2.26. The van der Waals surface area contributed by atoms with Crippen molar-refractivity contribution < 1.29 is 9.53 Å². The molecule has 0 spiro atoms. The minimum Gasteiger partial charge on any atom is -0.444 e. The van der Waals surface area contributed by atoms with Crippen LogP contribution in [0.5, 0.6) is 0 Å². The van der Waals surface area contributed by atoms with Gasteiger partial charge in [0.05, 0.1) is 5.52 Å². The van der Waals surface area contributed by atoms with Gasteiger partial charge in [0.15, 0.2) is 5.82 Å². The molecule has 6 heteroatoms. The van der Waals surface area contributed by atoms with Gasteiger partial charge in [-0.1, -0.05) is 17.7 Å². The molecule has 0 aliphatic carbocycles. The highest BCUT2D eigenvalue weighted by Crippen LogP contribution is 2.19. The summed E-state index contributed by atoms with van der Waals surface area (Å²) in [5, 5.41) is 11.9. The zero-order chi connectivity index (χ0) is 14.0. The van der Waals surface area contributed by atoms with Crippen LogP contribution in [0.3, 0.4) is 0 Å². The highest BCUT2D eigenvalue weighted by molar-refractivity contribution is 6.31. The third-order valence-electron chi connectivity index (χ3n) is 2.18. The quantitative estimate of drug-likeness (QED) is 0.866. The molecule has 0 unspecified atom stereocenters. The molecule has 5 nitrogen and oxygen atoms in total. The first-order chi connectivity index (χ1) is 8.83. The third kappa shape index (κ3) is 3.79. The molecule has 0 bridgehead atoms. The number of hydrogen-bond acceptors (Lipinski definition) is 4. The van der Waals surface area contributed by atoms with Crippen LogP contribution in [0.1, 0.15) is 20.8 Å². The van der Waals surface area contributed by atoms with E-state index in [1.807, 2.05) is 6.07 Å². The Bertz CT molecular complexity index is 623. The maximum absolute atomic E-state index is 11.6. The number of nitrogens with zero attached hydrogens (tertiary/aromatic N) is 2. The normalized spacial score (nSPS) is 11.4. The maximum Gasteiger partial charge on any atom is 0.413 e. The fraction of sp³-hybridized carbons (Fsp3) is 0.308. The lowest BCUT2D eigenvalue weighted by molar-refractivity contribution is 0.0635. The van der Waals surface area contributed by atoms with E-state index in [1.165, 1.54) is 0 Å². The van der Waals surface area contributed by atoms with Gasteiger partial charge in [-0.05, 0) is 39.0 Å². The van der Waals surface area contributed by atoms with Crippen molar-refractivity contribution >= 4 is 34.4 Å². The van der Waals surface area contributed by atoms with Gasteiger partial charge >= 0.3 is 6.09 Å². The Morgan fingerprint density at radius 3 is 2.68 bits per heavy atom. The lowest BCUT2D eigenvalue weighted by Crippen LogP contribution is -2.27. The van der Waals surface area contributed by atoms with Gasteiger partial charge in [0.2, 0.25) is 0 Å². The number of hydrogen-bond donors (Lipinski definition) is 1. The molecule has 0 radical (unpaired) electrons. The average molecular weight is 280 g/mol. The smallest absolute Gasteiger partial charge is 0.413 e. The van der Waals surface area contributed by atoms with E-state index in [0.717, 1.165) is 5.39 Å². The number of carbonyl (C=O) groups excluding carboxylic acids is 1. The summed E-state index contributed by atoms with van der Waals surface area (Å²) in [4.78, 5) is 11.6. The van der Waals surface area contributed by atoms with E-state index in [1.54, 1.807) is 39.0 Å². The number of anilines is 1. The minimum atomic E-state index is -0.560. The second-order valence-electron chi connectivity index (χ2n) is 5.06. The highest BCUT2D eigenvalue weighted by atomic mass is 35.5. The summed E-state index contributed by atoms with van der Waals surface area (Å²) in [6, 6.07) is 6.99. The third-order valence-corrected chi connectivity index (χ3v) is 2.41. The van der Waals surface area contributed by atoms with Crippen LogP contribution in [0.15, 0.2) is 24.3 Å². The van der Waals surface area contributed by atoms with E-state index in [9.17, 15) is 4.79 Å². The SMILES string of the molecule is CC(C)(C)OC(=O)Nc1cc2ccc(Cl)cc2nn1. The maximum atomic E-state index is 11.6. The molecule has 2 aromatic rings. The number of fused-ring (bicyclic) bond motifs is 1. The van der Waals surface area contributed by atoms with Gasteiger partial charge in [-0.25, -0.2) is 4.79 Å². The van der Waals surface area contributed by atoms with E-state index in [-0.39, 0.29) is 0 Å². The van der Waals surface area contributed by atoms with Crippen LogP contribution in [0.25, 0.3) is 10.9 Å². The van der Waals surface area contributed by atoms with Crippen LogP contribution in [0.4, 0.5) is 10.6 Å². The minimum absolute atomic E-state index is 0.337. The fourth-order valence-corrected chi connectivity index (χ4v) is 1.64. The van der Waals surface area contributed by atoms with Crippen molar-refractivity contribution in [3.63, 3.8) is 0 Å². The van der Waals surface area contributed by atoms with Crippen molar-refractivity contribution in [3.8, 4) is 0 Å². The van der Waals surface area contributed by atoms with Crippen LogP contribution in [-0.2, 0) is 4.74 Å². The molecule has 1 aromatic carbocycles. The van der Waals surface area contributed by atoms with Gasteiger partial charge in [0.25, 0.3) is 0 Å². The Hall–Kier alpha value is -1.88. The Kier molecular flexibility index (Phi) is 3.57. The molecule has 1 heterocycles.